The lowest BCUT2D eigenvalue weighted by Crippen LogP contribution is -2.15. The fourth-order valence-electron chi connectivity index (χ4n) is 2.31. The summed E-state index contributed by atoms with van der Waals surface area (Å²) >= 11 is 0. The van der Waals surface area contributed by atoms with Crippen molar-refractivity contribution in [2.24, 2.45) is 0 Å². The van der Waals surface area contributed by atoms with Crippen molar-refractivity contribution in [1.29, 1.82) is 0 Å². The molecule has 4 nitrogen and oxygen atoms in total. The van der Waals surface area contributed by atoms with Crippen molar-refractivity contribution >= 4 is 0 Å². The van der Waals surface area contributed by atoms with Gasteiger partial charge in [0.25, 0.3) is 0 Å². The Bertz CT molecular complexity index is 361. The van der Waals surface area contributed by atoms with E-state index in [0.29, 0.717) is 6.04 Å². The first kappa shape index (κ1) is 12.0. The van der Waals surface area contributed by atoms with Crippen molar-refractivity contribution in [3.63, 3.8) is 0 Å². The van der Waals surface area contributed by atoms with Gasteiger partial charge in [-0.05, 0) is 19.4 Å². The van der Waals surface area contributed by atoms with E-state index in [1.54, 1.807) is 21.3 Å². The first-order valence-corrected chi connectivity index (χ1v) is 5.83. The molecule has 0 spiro atoms. The van der Waals surface area contributed by atoms with Gasteiger partial charge in [-0.25, -0.2) is 0 Å². The molecule has 1 aliphatic heterocycles. The summed E-state index contributed by atoms with van der Waals surface area (Å²) in [4.78, 5) is 0. The molecule has 0 saturated carbocycles. The van der Waals surface area contributed by atoms with Crippen LogP contribution < -0.4 is 19.5 Å². The topological polar surface area (TPSA) is 39.7 Å². The van der Waals surface area contributed by atoms with E-state index in [1.165, 1.54) is 6.42 Å². The van der Waals surface area contributed by atoms with Crippen LogP contribution in [0.5, 0.6) is 17.2 Å². The minimum atomic E-state index is 0.311. The van der Waals surface area contributed by atoms with Gasteiger partial charge in [-0.2, -0.15) is 0 Å². The molecule has 0 aromatic heterocycles. The molecule has 2 rings (SSSR count). The van der Waals surface area contributed by atoms with E-state index in [1.807, 2.05) is 12.1 Å². The number of hydrogen-bond donors (Lipinski definition) is 1. The highest BCUT2D eigenvalue weighted by Gasteiger charge is 2.24. The summed E-state index contributed by atoms with van der Waals surface area (Å²) in [5.41, 5.74) is 1.09. The Morgan fingerprint density at radius 1 is 1.06 bits per heavy atom. The second-order valence-electron chi connectivity index (χ2n) is 4.09. The van der Waals surface area contributed by atoms with Crippen molar-refractivity contribution in [2.75, 3.05) is 27.9 Å². The number of methoxy groups -OCH3 is 3. The predicted molar refractivity (Wildman–Crippen MR) is 66.1 cm³/mol. The zero-order valence-electron chi connectivity index (χ0n) is 10.6. The first-order valence-electron chi connectivity index (χ1n) is 5.83. The number of rotatable bonds is 4. The molecule has 0 bridgehead atoms. The molecule has 1 saturated heterocycles. The van der Waals surface area contributed by atoms with Crippen LogP contribution in [0.1, 0.15) is 24.4 Å². The molecule has 1 fully saturated rings. The van der Waals surface area contributed by atoms with Crippen molar-refractivity contribution in [3.8, 4) is 17.2 Å². The van der Waals surface area contributed by atoms with E-state index < -0.39 is 0 Å². The zero-order valence-corrected chi connectivity index (χ0v) is 10.6. The summed E-state index contributed by atoms with van der Waals surface area (Å²) in [5.74, 6) is 2.39. The van der Waals surface area contributed by atoms with Crippen LogP contribution in [-0.4, -0.2) is 27.9 Å². The molecule has 0 aliphatic carbocycles. The smallest absolute Gasteiger partial charge is 0.131 e. The number of benzene rings is 1. The van der Waals surface area contributed by atoms with Gasteiger partial charge in [0, 0.05) is 18.2 Å². The van der Waals surface area contributed by atoms with E-state index in [0.717, 1.165) is 35.8 Å². The molecule has 1 heterocycles. The quantitative estimate of drug-likeness (QED) is 0.871. The van der Waals surface area contributed by atoms with Gasteiger partial charge in [0.05, 0.1) is 26.9 Å². The second kappa shape index (κ2) is 5.27. The fraction of sp³-hybridized carbons (Fsp3) is 0.538. The van der Waals surface area contributed by atoms with E-state index in [9.17, 15) is 0 Å². The Balaban J connectivity index is 2.45. The molecule has 0 amide bonds. The SMILES string of the molecule is COc1cc(OC)c([C@@H]2CCCN2)c(OC)c1. The monoisotopic (exact) mass is 237 g/mol. The Labute approximate surface area is 102 Å². The van der Waals surface area contributed by atoms with Gasteiger partial charge in [-0.1, -0.05) is 0 Å². The van der Waals surface area contributed by atoms with Crippen LogP contribution >= 0.6 is 0 Å². The van der Waals surface area contributed by atoms with Crippen molar-refractivity contribution in [3.05, 3.63) is 17.7 Å². The normalized spacial score (nSPS) is 19.1. The van der Waals surface area contributed by atoms with Crippen LogP contribution in [0.15, 0.2) is 12.1 Å². The lowest BCUT2D eigenvalue weighted by molar-refractivity contribution is 0.361. The van der Waals surface area contributed by atoms with Crippen LogP contribution in [0, 0.1) is 0 Å². The maximum Gasteiger partial charge on any atom is 0.131 e. The molecule has 4 heteroatoms. The average molecular weight is 237 g/mol. The zero-order chi connectivity index (χ0) is 12.3. The maximum atomic E-state index is 5.44. The van der Waals surface area contributed by atoms with Crippen LogP contribution in [0.4, 0.5) is 0 Å². The third-order valence-corrected chi connectivity index (χ3v) is 3.16. The summed E-state index contributed by atoms with van der Waals surface area (Å²) in [5, 5.41) is 3.46. The average Bonchev–Trinajstić information content (AvgIpc) is 2.90. The Hall–Kier alpha value is -1.42. The van der Waals surface area contributed by atoms with Gasteiger partial charge in [-0.3, -0.25) is 0 Å². The molecule has 94 valence electrons. The standard InChI is InChI=1S/C13H19NO3/c1-15-9-7-11(16-2)13(12(8-9)17-3)10-5-4-6-14-10/h7-8,10,14H,4-6H2,1-3H3/t10-/m0/s1. The van der Waals surface area contributed by atoms with Gasteiger partial charge in [0.1, 0.15) is 17.2 Å². The highest BCUT2D eigenvalue weighted by atomic mass is 16.5. The molecule has 1 atom stereocenters. The molecule has 1 aromatic rings. The summed E-state index contributed by atoms with van der Waals surface area (Å²) in [6.07, 6.45) is 2.29. The molecule has 1 aliphatic rings. The predicted octanol–water partition coefficient (Wildman–Crippen LogP) is 2.14. The van der Waals surface area contributed by atoms with Crippen LogP contribution in [-0.2, 0) is 0 Å². The highest BCUT2D eigenvalue weighted by molar-refractivity contribution is 5.52. The fourth-order valence-corrected chi connectivity index (χ4v) is 2.31. The van der Waals surface area contributed by atoms with Crippen LogP contribution in [0.3, 0.4) is 0 Å². The first-order chi connectivity index (χ1) is 8.30. The molecular formula is C13H19NO3. The largest absolute Gasteiger partial charge is 0.496 e. The summed E-state index contributed by atoms with van der Waals surface area (Å²) in [6, 6.07) is 4.11. The lowest BCUT2D eigenvalue weighted by atomic mass is 10.0. The Kier molecular flexibility index (Phi) is 3.74. The number of nitrogens with one attached hydrogen (secondary N) is 1. The maximum absolute atomic E-state index is 5.44. The second-order valence-corrected chi connectivity index (χ2v) is 4.09. The number of ether oxygens (including phenoxy) is 3. The van der Waals surface area contributed by atoms with Crippen LogP contribution in [0.25, 0.3) is 0 Å². The van der Waals surface area contributed by atoms with Crippen molar-refractivity contribution < 1.29 is 14.2 Å². The third kappa shape index (κ3) is 2.31. The minimum Gasteiger partial charge on any atom is -0.496 e. The Morgan fingerprint density at radius 2 is 1.71 bits per heavy atom. The van der Waals surface area contributed by atoms with Crippen molar-refractivity contribution in [2.45, 2.75) is 18.9 Å². The summed E-state index contributed by atoms with van der Waals surface area (Å²) in [7, 11) is 4.99. The van der Waals surface area contributed by atoms with Crippen molar-refractivity contribution in [1.82, 2.24) is 5.32 Å². The van der Waals surface area contributed by atoms with E-state index in [-0.39, 0.29) is 0 Å². The Morgan fingerprint density at radius 3 is 2.12 bits per heavy atom. The molecule has 0 radical (unpaired) electrons. The van der Waals surface area contributed by atoms with E-state index in [4.69, 9.17) is 14.2 Å². The van der Waals surface area contributed by atoms with Crippen LogP contribution in [0.2, 0.25) is 0 Å². The summed E-state index contributed by atoms with van der Waals surface area (Å²) in [6.45, 7) is 1.04. The number of hydrogen-bond acceptors (Lipinski definition) is 4. The van der Waals surface area contributed by atoms with Gasteiger partial charge in [0.2, 0.25) is 0 Å². The lowest BCUT2D eigenvalue weighted by Gasteiger charge is -2.19. The van der Waals surface area contributed by atoms with Gasteiger partial charge in [0.15, 0.2) is 0 Å². The molecule has 1 N–H and O–H groups in total. The highest BCUT2D eigenvalue weighted by Crippen LogP contribution is 2.40. The van der Waals surface area contributed by atoms with E-state index >= 15 is 0 Å². The summed E-state index contributed by atoms with van der Waals surface area (Å²) < 4.78 is 16.1. The molecular weight excluding hydrogens is 218 g/mol. The molecule has 0 unspecified atom stereocenters. The molecule has 17 heavy (non-hydrogen) atoms. The van der Waals surface area contributed by atoms with Gasteiger partial charge < -0.3 is 19.5 Å². The van der Waals surface area contributed by atoms with Gasteiger partial charge in [-0.15, -0.1) is 0 Å². The van der Waals surface area contributed by atoms with Gasteiger partial charge >= 0.3 is 0 Å². The third-order valence-electron chi connectivity index (χ3n) is 3.16. The minimum absolute atomic E-state index is 0.311. The molecule has 1 aromatic carbocycles. The van der Waals surface area contributed by atoms with E-state index in [2.05, 4.69) is 5.32 Å².